The van der Waals surface area contributed by atoms with Crippen LogP contribution >= 0.6 is 0 Å². The molecule has 0 bridgehead atoms. The molecular formula is C15H21N3O2. The molecule has 1 saturated heterocycles. The Morgan fingerprint density at radius 3 is 2.70 bits per heavy atom. The molecule has 0 aliphatic carbocycles. The van der Waals surface area contributed by atoms with Gasteiger partial charge in [-0.05, 0) is 45.0 Å². The predicted octanol–water partition coefficient (Wildman–Crippen LogP) is 1.72. The van der Waals surface area contributed by atoms with Crippen LogP contribution in [-0.2, 0) is 4.79 Å². The highest BCUT2D eigenvalue weighted by molar-refractivity contribution is 6.01. The number of hydrazone groups is 1. The van der Waals surface area contributed by atoms with Gasteiger partial charge in [0.2, 0.25) is 0 Å². The third kappa shape index (κ3) is 4.06. The SMILES string of the molecule is C/C(=N/NC(=O)CN1CCCCC1)c1ccccc1O. The number of hydrogen-bond acceptors (Lipinski definition) is 4. The summed E-state index contributed by atoms with van der Waals surface area (Å²) >= 11 is 0. The van der Waals surface area contributed by atoms with Crippen molar-refractivity contribution in [2.45, 2.75) is 26.2 Å². The van der Waals surface area contributed by atoms with Crippen molar-refractivity contribution in [3.8, 4) is 5.75 Å². The van der Waals surface area contributed by atoms with Crippen LogP contribution in [0.3, 0.4) is 0 Å². The Labute approximate surface area is 119 Å². The van der Waals surface area contributed by atoms with E-state index in [9.17, 15) is 9.90 Å². The minimum atomic E-state index is -0.110. The van der Waals surface area contributed by atoms with Crippen LogP contribution in [0, 0.1) is 0 Å². The van der Waals surface area contributed by atoms with E-state index in [0.29, 0.717) is 17.8 Å². The summed E-state index contributed by atoms with van der Waals surface area (Å²) < 4.78 is 0. The van der Waals surface area contributed by atoms with Crippen molar-refractivity contribution in [3.05, 3.63) is 29.8 Å². The highest BCUT2D eigenvalue weighted by Crippen LogP contribution is 2.16. The van der Waals surface area contributed by atoms with Crippen molar-refractivity contribution < 1.29 is 9.90 Å². The molecule has 1 fully saturated rings. The Morgan fingerprint density at radius 2 is 2.00 bits per heavy atom. The molecule has 1 amide bonds. The zero-order valence-corrected chi connectivity index (χ0v) is 11.8. The first-order valence-corrected chi connectivity index (χ1v) is 7.00. The highest BCUT2D eigenvalue weighted by Gasteiger charge is 2.13. The number of hydrogen-bond donors (Lipinski definition) is 2. The molecule has 0 atom stereocenters. The summed E-state index contributed by atoms with van der Waals surface area (Å²) in [4.78, 5) is 14.0. The molecule has 0 radical (unpaired) electrons. The maximum Gasteiger partial charge on any atom is 0.254 e. The summed E-state index contributed by atoms with van der Waals surface area (Å²) in [6.45, 7) is 4.11. The van der Waals surface area contributed by atoms with Gasteiger partial charge >= 0.3 is 0 Å². The van der Waals surface area contributed by atoms with Crippen LogP contribution in [0.4, 0.5) is 0 Å². The lowest BCUT2D eigenvalue weighted by Crippen LogP contribution is -2.38. The molecule has 0 spiro atoms. The summed E-state index contributed by atoms with van der Waals surface area (Å²) in [5.41, 5.74) is 3.77. The van der Waals surface area contributed by atoms with E-state index in [1.807, 2.05) is 6.07 Å². The molecule has 2 rings (SSSR count). The number of rotatable bonds is 4. The van der Waals surface area contributed by atoms with Crippen LogP contribution in [0.5, 0.6) is 5.75 Å². The lowest BCUT2D eigenvalue weighted by atomic mass is 10.1. The number of carbonyl (C=O) groups is 1. The second-order valence-electron chi connectivity index (χ2n) is 5.09. The topological polar surface area (TPSA) is 64.9 Å². The average molecular weight is 275 g/mol. The van der Waals surface area contributed by atoms with Gasteiger partial charge in [0, 0.05) is 5.56 Å². The van der Waals surface area contributed by atoms with Gasteiger partial charge in [-0.2, -0.15) is 5.10 Å². The molecule has 5 nitrogen and oxygen atoms in total. The summed E-state index contributed by atoms with van der Waals surface area (Å²) in [6.07, 6.45) is 3.57. The maximum absolute atomic E-state index is 11.8. The van der Waals surface area contributed by atoms with Gasteiger partial charge in [-0.3, -0.25) is 9.69 Å². The number of para-hydroxylation sites is 1. The fourth-order valence-electron chi connectivity index (χ4n) is 2.34. The number of phenolic OH excluding ortho intramolecular Hbond substituents is 1. The standard InChI is InChI=1S/C15H21N3O2/c1-12(13-7-3-4-8-14(13)19)16-17-15(20)11-18-9-5-2-6-10-18/h3-4,7-8,19H,2,5-6,9-11H2,1H3,(H,17,20)/b16-12-. The molecule has 1 aliphatic rings. The fourth-order valence-corrected chi connectivity index (χ4v) is 2.34. The van der Waals surface area contributed by atoms with Crippen molar-refractivity contribution >= 4 is 11.6 Å². The van der Waals surface area contributed by atoms with Gasteiger partial charge < -0.3 is 5.11 Å². The first kappa shape index (κ1) is 14.5. The summed E-state index contributed by atoms with van der Waals surface area (Å²) in [5, 5.41) is 13.8. The Morgan fingerprint density at radius 1 is 1.30 bits per heavy atom. The third-order valence-electron chi connectivity index (χ3n) is 3.46. The number of carbonyl (C=O) groups excluding carboxylic acids is 1. The van der Waals surface area contributed by atoms with Gasteiger partial charge in [0.1, 0.15) is 5.75 Å². The molecule has 1 aliphatic heterocycles. The van der Waals surface area contributed by atoms with Crippen molar-refractivity contribution in [1.29, 1.82) is 0 Å². The molecule has 5 heteroatoms. The summed E-state index contributed by atoms with van der Waals surface area (Å²) in [7, 11) is 0. The van der Waals surface area contributed by atoms with E-state index >= 15 is 0 Å². The Bertz CT molecular complexity index is 494. The van der Waals surface area contributed by atoms with Crippen molar-refractivity contribution in [3.63, 3.8) is 0 Å². The zero-order chi connectivity index (χ0) is 14.4. The van der Waals surface area contributed by atoms with Crippen molar-refractivity contribution in [1.82, 2.24) is 10.3 Å². The second-order valence-corrected chi connectivity index (χ2v) is 5.09. The lowest BCUT2D eigenvalue weighted by Gasteiger charge is -2.25. The van der Waals surface area contributed by atoms with Gasteiger partial charge in [0.05, 0.1) is 12.3 Å². The summed E-state index contributed by atoms with van der Waals surface area (Å²) in [5.74, 6) is 0.0562. The van der Waals surface area contributed by atoms with Gasteiger partial charge in [0.15, 0.2) is 0 Å². The van der Waals surface area contributed by atoms with Crippen LogP contribution in [-0.4, -0.2) is 41.3 Å². The fraction of sp³-hybridized carbons (Fsp3) is 0.467. The van der Waals surface area contributed by atoms with E-state index in [-0.39, 0.29) is 11.7 Å². The summed E-state index contributed by atoms with van der Waals surface area (Å²) in [6, 6.07) is 6.94. The van der Waals surface area contributed by atoms with E-state index in [2.05, 4.69) is 15.4 Å². The van der Waals surface area contributed by atoms with Crippen LogP contribution in [0.2, 0.25) is 0 Å². The van der Waals surface area contributed by atoms with Gasteiger partial charge in [-0.25, -0.2) is 5.43 Å². The second kappa shape index (κ2) is 7.05. The molecule has 0 saturated carbocycles. The average Bonchev–Trinajstić information content (AvgIpc) is 2.46. The Hall–Kier alpha value is -1.88. The van der Waals surface area contributed by atoms with Crippen LogP contribution in [0.15, 0.2) is 29.4 Å². The number of aromatic hydroxyl groups is 1. The van der Waals surface area contributed by atoms with Gasteiger partial charge in [-0.1, -0.05) is 18.6 Å². The molecule has 2 N–H and O–H groups in total. The molecule has 1 heterocycles. The number of benzene rings is 1. The van der Waals surface area contributed by atoms with Gasteiger partial charge in [-0.15, -0.1) is 0 Å². The van der Waals surface area contributed by atoms with E-state index in [4.69, 9.17) is 0 Å². The molecule has 20 heavy (non-hydrogen) atoms. The number of piperidine rings is 1. The van der Waals surface area contributed by atoms with Crippen LogP contribution in [0.1, 0.15) is 31.7 Å². The van der Waals surface area contributed by atoms with E-state index in [0.717, 1.165) is 25.9 Å². The van der Waals surface area contributed by atoms with E-state index in [1.165, 1.54) is 6.42 Å². The monoisotopic (exact) mass is 275 g/mol. The molecule has 1 aromatic carbocycles. The predicted molar refractivity (Wildman–Crippen MR) is 78.8 cm³/mol. The molecule has 1 aromatic rings. The minimum Gasteiger partial charge on any atom is -0.507 e. The highest BCUT2D eigenvalue weighted by atomic mass is 16.3. The number of nitrogens with one attached hydrogen (secondary N) is 1. The molecule has 108 valence electrons. The number of likely N-dealkylation sites (tertiary alicyclic amines) is 1. The Balaban J connectivity index is 1.88. The van der Waals surface area contributed by atoms with Gasteiger partial charge in [0.25, 0.3) is 5.91 Å². The van der Waals surface area contributed by atoms with E-state index in [1.54, 1.807) is 25.1 Å². The van der Waals surface area contributed by atoms with Crippen LogP contribution < -0.4 is 5.43 Å². The quantitative estimate of drug-likeness (QED) is 0.649. The first-order chi connectivity index (χ1) is 9.66. The normalized spacial score (nSPS) is 16.9. The minimum absolute atomic E-state index is 0.110. The van der Waals surface area contributed by atoms with E-state index < -0.39 is 0 Å². The number of nitrogens with zero attached hydrogens (tertiary/aromatic N) is 2. The van der Waals surface area contributed by atoms with Crippen molar-refractivity contribution in [2.24, 2.45) is 5.10 Å². The van der Waals surface area contributed by atoms with Crippen LogP contribution in [0.25, 0.3) is 0 Å². The number of phenols is 1. The lowest BCUT2D eigenvalue weighted by molar-refractivity contribution is -0.122. The Kier molecular flexibility index (Phi) is 5.12. The third-order valence-corrected chi connectivity index (χ3v) is 3.46. The van der Waals surface area contributed by atoms with Crippen molar-refractivity contribution in [2.75, 3.05) is 19.6 Å². The first-order valence-electron chi connectivity index (χ1n) is 7.00. The number of amides is 1. The maximum atomic E-state index is 11.8. The largest absolute Gasteiger partial charge is 0.507 e. The zero-order valence-electron chi connectivity index (χ0n) is 11.8. The smallest absolute Gasteiger partial charge is 0.254 e. The molecule has 0 unspecified atom stereocenters. The molecule has 0 aromatic heterocycles. The molecular weight excluding hydrogens is 254 g/mol.